The van der Waals surface area contributed by atoms with Gasteiger partial charge in [-0.3, -0.25) is 4.79 Å². The molecule has 9 nitrogen and oxygen atoms in total. The second kappa shape index (κ2) is 9.32. The molecular weight excluding hydrogens is 442 g/mol. The molecule has 10 heteroatoms. The number of hydrogen-bond acceptors (Lipinski definition) is 7. The molecule has 1 saturated heterocycles. The maximum absolute atomic E-state index is 12.9. The van der Waals surface area contributed by atoms with Crippen LogP contribution in [0.4, 0.5) is 5.69 Å². The van der Waals surface area contributed by atoms with Gasteiger partial charge < -0.3 is 14.3 Å². The number of piperazine rings is 1. The summed E-state index contributed by atoms with van der Waals surface area (Å²) in [5.74, 6) is 0.843. The normalized spacial score (nSPS) is 15.5. The number of carbonyl (C=O) groups is 1. The Morgan fingerprint density at radius 2 is 1.64 bits per heavy atom. The average Bonchev–Trinajstić information content (AvgIpc) is 3.25. The fourth-order valence-electron chi connectivity index (χ4n) is 3.77. The molecule has 0 unspecified atom stereocenters. The minimum atomic E-state index is -3.76. The SMILES string of the molecule is Cc1ccc(S(=O)(=O)N[C@H](C)C(=O)N2CCN(c3ccc(-c4noc(C)n4)cc3)CC2)cc1. The van der Waals surface area contributed by atoms with Gasteiger partial charge in [-0.1, -0.05) is 22.9 Å². The predicted octanol–water partition coefficient (Wildman–Crippen LogP) is 2.37. The standard InChI is InChI=1S/C23H27N5O4S/c1-16-4-10-21(11-5-16)33(30,31)26-17(2)23(29)28-14-12-27(13-15-28)20-8-6-19(7-9-20)22-24-18(3)32-25-22/h4-11,17,26H,12-15H2,1-3H3/t17-/m1/s1. The van der Waals surface area contributed by atoms with E-state index in [0.717, 1.165) is 16.8 Å². The summed E-state index contributed by atoms with van der Waals surface area (Å²) in [6.45, 7) is 7.56. The molecule has 1 aliphatic heterocycles. The van der Waals surface area contributed by atoms with Gasteiger partial charge in [0, 0.05) is 44.4 Å². The van der Waals surface area contributed by atoms with Crippen LogP contribution in [-0.2, 0) is 14.8 Å². The Kier molecular flexibility index (Phi) is 6.48. The van der Waals surface area contributed by atoms with Crippen LogP contribution in [0.1, 0.15) is 18.4 Å². The van der Waals surface area contributed by atoms with E-state index in [4.69, 9.17) is 4.52 Å². The van der Waals surface area contributed by atoms with Crippen molar-refractivity contribution in [2.45, 2.75) is 31.7 Å². The molecule has 3 aromatic rings. The van der Waals surface area contributed by atoms with Crippen molar-refractivity contribution in [1.82, 2.24) is 19.8 Å². The molecule has 174 valence electrons. The first kappa shape index (κ1) is 22.9. The number of amides is 1. The number of nitrogens with one attached hydrogen (secondary N) is 1. The lowest BCUT2D eigenvalue weighted by atomic mass is 10.1. The Hall–Kier alpha value is -3.24. The highest BCUT2D eigenvalue weighted by atomic mass is 32.2. The summed E-state index contributed by atoms with van der Waals surface area (Å²) in [6.07, 6.45) is 0. The van der Waals surface area contributed by atoms with Crippen molar-refractivity contribution in [2.24, 2.45) is 0 Å². The molecule has 1 amide bonds. The Labute approximate surface area is 193 Å². The van der Waals surface area contributed by atoms with Crippen molar-refractivity contribution in [1.29, 1.82) is 0 Å². The van der Waals surface area contributed by atoms with Crippen LogP contribution in [0.5, 0.6) is 0 Å². The molecule has 4 rings (SSSR count). The topological polar surface area (TPSA) is 109 Å². The first-order chi connectivity index (χ1) is 15.7. The first-order valence-electron chi connectivity index (χ1n) is 10.8. The van der Waals surface area contributed by atoms with E-state index in [1.54, 1.807) is 43.0 Å². The molecule has 0 radical (unpaired) electrons. The highest BCUT2D eigenvalue weighted by Gasteiger charge is 2.28. The zero-order valence-corrected chi connectivity index (χ0v) is 19.7. The molecule has 1 atom stereocenters. The lowest BCUT2D eigenvalue weighted by Gasteiger charge is -2.37. The maximum atomic E-state index is 12.9. The van der Waals surface area contributed by atoms with E-state index in [-0.39, 0.29) is 10.8 Å². The fraction of sp³-hybridized carbons (Fsp3) is 0.348. The van der Waals surface area contributed by atoms with E-state index < -0.39 is 16.1 Å². The number of aryl methyl sites for hydroxylation is 2. The van der Waals surface area contributed by atoms with Gasteiger partial charge in [0.05, 0.1) is 10.9 Å². The molecule has 0 aliphatic carbocycles. The number of hydrogen-bond donors (Lipinski definition) is 1. The summed E-state index contributed by atoms with van der Waals surface area (Å²) in [5, 5.41) is 3.93. The van der Waals surface area contributed by atoms with Gasteiger partial charge in [-0.2, -0.15) is 9.71 Å². The Balaban J connectivity index is 1.33. The van der Waals surface area contributed by atoms with Crippen LogP contribution < -0.4 is 9.62 Å². The minimum absolute atomic E-state index is 0.150. The van der Waals surface area contributed by atoms with Gasteiger partial charge in [-0.25, -0.2) is 8.42 Å². The van der Waals surface area contributed by atoms with Crippen LogP contribution >= 0.6 is 0 Å². The van der Waals surface area contributed by atoms with Gasteiger partial charge in [-0.15, -0.1) is 0 Å². The molecule has 0 spiro atoms. The number of carbonyl (C=O) groups excluding carboxylic acids is 1. The number of sulfonamides is 1. The average molecular weight is 470 g/mol. The fourth-order valence-corrected chi connectivity index (χ4v) is 4.96. The van der Waals surface area contributed by atoms with Gasteiger partial charge in [0.15, 0.2) is 0 Å². The summed E-state index contributed by atoms with van der Waals surface area (Å²) in [5.41, 5.74) is 2.88. The van der Waals surface area contributed by atoms with Crippen LogP contribution in [0.15, 0.2) is 57.9 Å². The Bertz CT molecular complexity index is 1210. The Morgan fingerprint density at radius 1 is 1.00 bits per heavy atom. The van der Waals surface area contributed by atoms with Crippen molar-refractivity contribution in [3.63, 3.8) is 0 Å². The van der Waals surface area contributed by atoms with Crippen LogP contribution in [0.3, 0.4) is 0 Å². The molecule has 0 bridgehead atoms. The molecule has 2 aromatic carbocycles. The predicted molar refractivity (Wildman–Crippen MR) is 124 cm³/mol. The summed E-state index contributed by atoms with van der Waals surface area (Å²) in [4.78, 5) is 21.1. The summed E-state index contributed by atoms with van der Waals surface area (Å²) >= 11 is 0. The second-order valence-corrected chi connectivity index (χ2v) is 9.87. The van der Waals surface area contributed by atoms with Crippen molar-refractivity contribution in [2.75, 3.05) is 31.1 Å². The largest absolute Gasteiger partial charge is 0.368 e. The van der Waals surface area contributed by atoms with Crippen LogP contribution in [0.2, 0.25) is 0 Å². The number of rotatable bonds is 6. The van der Waals surface area contributed by atoms with Crippen LogP contribution in [0.25, 0.3) is 11.4 Å². The number of nitrogens with zero attached hydrogens (tertiary/aromatic N) is 4. The summed E-state index contributed by atoms with van der Waals surface area (Å²) < 4.78 is 32.7. The minimum Gasteiger partial charge on any atom is -0.368 e. The van der Waals surface area contributed by atoms with Crippen LogP contribution in [0, 0.1) is 13.8 Å². The van der Waals surface area contributed by atoms with Crippen molar-refractivity contribution in [3.05, 3.63) is 60.0 Å². The second-order valence-electron chi connectivity index (χ2n) is 8.15. The third kappa shape index (κ3) is 5.23. The van der Waals surface area contributed by atoms with Gasteiger partial charge in [0.1, 0.15) is 0 Å². The van der Waals surface area contributed by atoms with Gasteiger partial charge >= 0.3 is 0 Å². The monoisotopic (exact) mass is 469 g/mol. The van der Waals surface area contributed by atoms with E-state index in [2.05, 4.69) is 19.8 Å². The molecule has 0 saturated carbocycles. The highest BCUT2D eigenvalue weighted by Crippen LogP contribution is 2.22. The van der Waals surface area contributed by atoms with E-state index in [0.29, 0.717) is 37.9 Å². The van der Waals surface area contributed by atoms with Gasteiger partial charge in [-0.05, 0) is 50.2 Å². The molecule has 2 heterocycles. The smallest absolute Gasteiger partial charge is 0.241 e. The Morgan fingerprint density at radius 3 is 2.21 bits per heavy atom. The number of aromatic nitrogens is 2. The van der Waals surface area contributed by atoms with Gasteiger partial charge in [0.2, 0.25) is 27.6 Å². The van der Waals surface area contributed by atoms with Crippen molar-refractivity contribution >= 4 is 21.6 Å². The third-order valence-corrected chi connectivity index (χ3v) is 7.20. The molecule has 1 aliphatic rings. The zero-order valence-electron chi connectivity index (χ0n) is 18.9. The van der Waals surface area contributed by atoms with Crippen molar-refractivity contribution < 1.29 is 17.7 Å². The van der Waals surface area contributed by atoms with Crippen molar-refractivity contribution in [3.8, 4) is 11.4 Å². The first-order valence-corrected chi connectivity index (χ1v) is 12.2. The molecule has 1 N–H and O–H groups in total. The number of anilines is 1. The summed E-state index contributed by atoms with van der Waals surface area (Å²) in [6, 6.07) is 13.6. The maximum Gasteiger partial charge on any atom is 0.241 e. The molecular formula is C23H27N5O4S. The quantitative estimate of drug-likeness (QED) is 0.590. The van der Waals surface area contributed by atoms with E-state index >= 15 is 0 Å². The van der Waals surface area contributed by atoms with Gasteiger partial charge in [0.25, 0.3) is 0 Å². The summed E-state index contributed by atoms with van der Waals surface area (Å²) in [7, 11) is -3.76. The molecule has 1 aromatic heterocycles. The molecule has 33 heavy (non-hydrogen) atoms. The number of benzene rings is 2. The lowest BCUT2D eigenvalue weighted by Crippen LogP contribution is -2.54. The van der Waals surface area contributed by atoms with E-state index in [9.17, 15) is 13.2 Å². The zero-order chi connectivity index (χ0) is 23.6. The van der Waals surface area contributed by atoms with Crippen LogP contribution in [-0.4, -0.2) is 61.6 Å². The van der Waals surface area contributed by atoms with E-state index in [1.807, 2.05) is 31.2 Å². The highest BCUT2D eigenvalue weighted by molar-refractivity contribution is 7.89. The lowest BCUT2D eigenvalue weighted by molar-refractivity contribution is -0.132. The third-order valence-electron chi connectivity index (χ3n) is 5.64. The van der Waals surface area contributed by atoms with E-state index in [1.165, 1.54) is 0 Å². The molecule has 1 fully saturated rings.